The van der Waals surface area contributed by atoms with Gasteiger partial charge in [-0.05, 0) is 45.0 Å². The van der Waals surface area contributed by atoms with Crippen LogP contribution in [-0.4, -0.2) is 48.5 Å². The maximum absolute atomic E-state index is 11.5. The molecular formula is C11H14NaO5S. The number of benzene rings is 1. The van der Waals surface area contributed by atoms with E-state index >= 15 is 0 Å². The first kappa shape index (κ1) is 17.6. The summed E-state index contributed by atoms with van der Waals surface area (Å²) in [6.45, 7) is 5.13. The van der Waals surface area contributed by atoms with Crippen molar-refractivity contribution in [1.82, 2.24) is 0 Å². The first-order valence-electron chi connectivity index (χ1n) is 4.90. The van der Waals surface area contributed by atoms with Crippen molar-refractivity contribution in [2.24, 2.45) is 5.41 Å². The van der Waals surface area contributed by atoms with Crippen LogP contribution in [0.2, 0.25) is 0 Å². The molecule has 0 saturated heterocycles. The molecule has 0 aliphatic heterocycles. The van der Waals surface area contributed by atoms with Crippen LogP contribution in [0, 0.1) is 5.41 Å². The van der Waals surface area contributed by atoms with Crippen LogP contribution < -0.4 is 4.74 Å². The summed E-state index contributed by atoms with van der Waals surface area (Å²) in [5.41, 5.74) is -0.637. The number of carbonyl (C=O) groups is 1. The number of hydrogen-bond acceptors (Lipinski definition) is 4. The Hall–Kier alpha value is -0.400. The summed E-state index contributed by atoms with van der Waals surface area (Å²) in [6, 6.07) is 4.96. The fraction of sp³-hybridized carbons (Fsp3) is 0.364. The molecule has 0 aliphatic carbocycles. The van der Waals surface area contributed by atoms with E-state index in [4.69, 9.17) is 9.29 Å². The molecule has 1 aromatic carbocycles. The van der Waals surface area contributed by atoms with Gasteiger partial charge in [0.2, 0.25) is 0 Å². The molecule has 18 heavy (non-hydrogen) atoms. The zero-order valence-corrected chi connectivity index (χ0v) is 13.6. The van der Waals surface area contributed by atoms with Crippen molar-refractivity contribution in [2.45, 2.75) is 25.7 Å². The number of carbonyl (C=O) groups excluding carboxylic acids is 1. The molecule has 95 valence electrons. The van der Waals surface area contributed by atoms with Crippen LogP contribution in [0.1, 0.15) is 20.8 Å². The second kappa shape index (κ2) is 6.16. The number of ether oxygens (including phenoxy) is 1. The van der Waals surface area contributed by atoms with E-state index < -0.39 is 21.5 Å². The quantitative estimate of drug-likeness (QED) is 0.384. The Morgan fingerprint density at radius 2 is 1.61 bits per heavy atom. The van der Waals surface area contributed by atoms with Crippen LogP contribution in [-0.2, 0) is 14.9 Å². The molecule has 0 amide bonds. The predicted molar refractivity (Wildman–Crippen MR) is 67.1 cm³/mol. The predicted octanol–water partition coefficient (Wildman–Crippen LogP) is 1.50. The Balaban J connectivity index is 0.00000289. The van der Waals surface area contributed by atoms with Crippen molar-refractivity contribution >= 4 is 45.6 Å². The van der Waals surface area contributed by atoms with Crippen LogP contribution >= 0.6 is 0 Å². The normalized spacial score (nSPS) is 11.6. The van der Waals surface area contributed by atoms with Crippen LogP contribution in [0.4, 0.5) is 0 Å². The molecule has 7 heteroatoms. The van der Waals surface area contributed by atoms with E-state index in [0.717, 1.165) is 0 Å². The first-order valence-corrected chi connectivity index (χ1v) is 6.34. The van der Waals surface area contributed by atoms with Crippen molar-refractivity contribution < 1.29 is 22.5 Å². The monoisotopic (exact) mass is 281 g/mol. The molecular weight excluding hydrogens is 267 g/mol. The van der Waals surface area contributed by atoms with Gasteiger partial charge in [-0.3, -0.25) is 9.35 Å². The van der Waals surface area contributed by atoms with Crippen molar-refractivity contribution in [2.75, 3.05) is 0 Å². The van der Waals surface area contributed by atoms with Gasteiger partial charge in [-0.25, -0.2) is 0 Å². The molecule has 0 bridgehead atoms. The summed E-state index contributed by atoms with van der Waals surface area (Å²) >= 11 is 0. The van der Waals surface area contributed by atoms with Gasteiger partial charge < -0.3 is 4.74 Å². The molecule has 1 aromatic rings. The van der Waals surface area contributed by atoms with Gasteiger partial charge >= 0.3 is 5.97 Å². The van der Waals surface area contributed by atoms with Gasteiger partial charge in [0.05, 0.1) is 10.3 Å². The van der Waals surface area contributed by atoms with E-state index in [9.17, 15) is 13.2 Å². The second-order valence-corrected chi connectivity index (χ2v) is 6.01. The summed E-state index contributed by atoms with van der Waals surface area (Å²) < 4.78 is 35.3. The van der Waals surface area contributed by atoms with Gasteiger partial charge in [-0.1, -0.05) is 0 Å². The van der Waals surface area contributed by atoms with Crippen LogP contribution in [0.25, 0.3) is 0 Å². The molecule has 1 rings (SSSR count). The molecule has 0 aromatic heterocycles. The minimum absolute atomic E-state index is 0. The van der Waals surface area contributed by atoms with Crippen molar-refractivity contribution in [1.29, 1.82) is 0 Å². The fourth-order valence-electron chi connectivity index (χ4n) is 0.940. The van der Waals surface area contributed by atoms with Crippen LogP contribution in [0.5, 0.6) is 5.75 Å². The maximum Gasteiger partial charge on any atom is 0.316 e. The minimum Gasteiger partial charge on any atom is -0.426 e. The van der Waals surface area contributed by atoms with Gasteiger partial charge in [0.25, 0.3) is 10.1 Å². The average Bonchev–Trinajstić information content (AvgIpc) is 2.15. The van der Waals surface area contributed by atoms with Gasteiger partial charge in [-0.2, -0.15) is 8.42 Å². The molecule has 1 radical (unpaired) electrons. The zero-order valence-electron chi connectivity index (χ0n) is 10.8. The van der Waals surface area contributed by atoms with E-state index in [1.807, 2.05) is 0 Å². The number of hydrogen-bond donors (Lipinski definition) is 1. The van der Waals surface area contributed by atoms with E-state index in [0.29, 0.717) is 0 Å². The molecule has 0 saturated carbocycles. The third-order valence-corrected chi connectivity index (χ3v) is 2.81. The largest absolute Gasteiger partial charge is 0.426 e. The standard InChI is InChI=1S/C11H14O5S.Na/c1-11(2,3)10(12)16-8-4-6-9(7-5-8)17(13,14)15;/h4-7H,1-3H3,(H,13,14,15);. The van der Waals surface area contributed by atoms with Gasteiger partial charge in [0, 0.05) is 29.6 Å². The van der Waals surface area contributed by atoms with E-state index in [1.165, 1.54) is 24.3 Å². The Morgan fingerprint density at radius 1 is 1.17 bits per heavy atom. The molecule has 0 spiro atoms. The Kier molecular flexibility index (Phi) is 6.03. The van der Waals surface area contributed by atoms with Crippen LogP contribution in [0.15, 0.2) is 29.2 Å². The Labute approximate surface area is 129 Å². The fourth-order valence-corrected chi connectivity index (χ4v) is 1.42. The molecule has 5 nitrogen and oxygen atoms in total. The molecule has 0 unspecified atom stereocenters. The number of esters is 1. The summed E-state index contributed by atoms with van der Waals surface area (Å²) in [7, 11) is -4.22. The molecule has 1 N–H and O–H groups in total. The third kappa shape index (κ3) is 5.07. The van der Waals surface area contributed by atoms with E-state index in [-0.39, 0.29) is 40.2 Å². The third-order valence-electron chi connectivity index (χ3n) is 1.94. The van der Waals surface area contributed by atoms with Crippen molar-refractivity contribution in [3.8, 4) is 5.75 Å². The van der Waals surface area contributed by atoms with Gasteiger partial charge in [-0.15, -0.1) is 0 Å². The Morgan fingerprint density at radius 3 is 1.94 bits per heavy atom. The summed E-state index contributed by atoms with van der Waals surface area (Å²) in [6.07, 6.45) is 0. The van der Waals surface area contributed by atoms with E-state index in [1.54, 1.807) is 20.8 Å². The molecule has 0 heterocycles. The average molecular weight is 281 g/mol. The summed E-state index contributed by atoms with van der Waals surface area (Å²) in [5.74, 6) is -0.186. The van der Waals surface area contributed by atoms with Crippen LogP contribution in [0.3, 0.4) is 0 Å². The molecule has 0 atom stereocenters. The van der Waals surface area contributed by atoms with Gasteiger partial charge in [0.1, 0.15) is 5.75 Å². The zero-order chi connectivity index (χ0) is 13.3. The SMILES string of the molecule is CC(C)(C)C(=O)Oc1ccc(S(=O)(=O)O)cc1.[Na]. The molecule has 0 aliphatic rings. The van der Waals surface area contributed by atoms with Crippen molar-refractivity contribution in [3.63, 3.8) is 0 Å². The maximum atomic E-state index is 11.5. The van der Waals surface area contributed by atoms with Gasteiger partial charge in [0.15, 0.2) is 0 Å². The minimum atomic E-state index is -4.22. The summed E-state index contributed by atoms with van der Waals surface area (Å²) in [4.78, 5) is 11.3. The van der Waals surface area contributed by atoms with E-state index in [2.05, 4.69) is 0 Å². The summed E-state index contributed by atoms with van der Waals surface area (Å²) in [5, 5.41) is 0. The Bertz CT molecular complexity index is 513. The topological polar surface area (TPSA) is 80.7 Å². The second-order valence-electron chi connectivity index (χ2n) is 4.59. The number of rotatable bonds is 2. The smallest absolute Gasteiger partial charge is 0.316 e. The van der Waals surface area contributed by atoms with Crippen molar-refractivity contribution in [3.05, 3.63) is 24.3 Å². The molecule has 0 fully saturated rings. The first-order chi connectivity index (χ1) is 7.60.